The molecule has 0 bridgehead atoms. The Bertz CT molecular complexity index is 244. The van der Waals surface area contributed by atoms with Crippen molar-refractivity contribution in [1.82, 2.24) is 0 Å². The molecule has 0 aliphatic rings. The zero-order valence-corrected chi connectivity index (χ0v) is 21.6. The zero-order valence-electron chi connectivity index (χ0n) is 12.6. The molecular formula is C12H22O4S4Y2-4. The molecule has 2 atom stereocenters. The number of hydrogen-bond acceptors (Lipinski definition) is 6. The van der Waals surface area contributed by atoms with Crippen LogP contribution in [0.25, 0.3) is 0 Å². The van der Waals surface area contributed by atoms with Gasteiger partial charge in [-0.15, -0.1) is 0 Å². The smallest absolute Gasteiger partial charge is 0.00126 e. The Morgan fingerprint density at radius 2 is 1.09 bits per heavy atom. The maximum absolute atomic E-state index is 9.25. The Morgan fingerprint density at radius 1 is 0.864 bits per heavy atom. The van der Waals surface area contributed by atoms with E-state index >= 15 is 0 Å². The summed E-state index contributed by atoms with van der Waals surface area (Å²) in [5.41, 5.74) is 0. The molecule has 22 heavy (non-hydrogen) atoms. The summed E-state index contributed by atoms with van der Waals surface area (Å²) in [5.74, 6) is 2.51. The Labute approximate surface area is 199 Å². The second-order valence-electron chi connectivity index (χ2n) is 2.91. The maximum Gasteiger partial charge on any atom is 0.00126 e. The summed E-state index contributed by atoms with van der Waals surface area (Å²) in [7, 11) is 3.93. The summed E-state index contributed by atoms with van der Waals surface area (Å²) in [6.45, 7) is 13.5. The summed E-state index contributed by atoms with van der Waals surface area (Å²) in [6.07, 6.45) is 4.65. The first-order valence-corrected chi connectivity index (χ1v) is 10.5. The molecule has 10 heteroatoms. The predicted octanol–water partition coefficient (Wildman–Crippen LogP) is 3.61. The van der Waals surface area contributed by atoms with Crippen LogP contribution < -0.4 is 0 Å². The molecule has 0 amide bonds. The summed E-state index contributed by atoms with van der Waals surface area (Å²) in [4.78, 5) is 0. The van der Waals surface area contributed by atoms with Crippen LogP contribution in [0.4, 0.5) is 0 Å². The Balaban J connectivity index is -0.0000000692. The largest absolute Gasteiger partial charge is 0.769 e. The van der Waals surface area contributed by atoms with Crippen LogP contribution in [-0.4, -0.2) is 29.0 Å². The molecule has 0 aliphatic carbocycles. The average molecular weight is 536 g/mol. The monoisotopic (exact) mass is 536 g/mol. The SMILES string of the molecule is C=CS(=O)[O-].C=CS(=O)[O-].[CH2-]CCCSSCCC[CH2-].[Y].[Y]. The van der Waals surface area contributed by atoms with Gasteiger partial charge < -0.3 is 23.0 Å². The van der Waals surface area contributed by atoms with Crippen molar-refractivity contribution in [3.8, 4) is 0 Å². The van der Waals surface area contributed by atoms with Crippen LogP contribution in [0.2, 0.25) is 0 Å². The fraction of sp³-hybridized carbons (Fsp3) is 0.500. The molecule has 2 radical (unpaired) electrons. The van der Waals surface area contributed by atoms with Crippen LogP contribution in [0.5, 0.6) is 0 Å². The Hall–Kier alpha value is 2.61. The van der Waals surface area contributed by atoms with Crippen molar-refractivity contribution in [3.63, 3.8) is 0 Å². The standard InChI is InChI=1S/C8H16S2.2C2H4O2S.2Y/c1-3-5-7-9-10-8-6-4-2;2*1-2-5(3)4;;/h1-8H2;2*2H,1H2,(H,3,4);;/q-2;;;;/p-2. The van der Waals surface area contributed by atoms with Crippen LogP contribution in [0.3, 0.4) is 0 Å². The minimum absolute atomic E-state index is 0. The van der Waals surface area contributed by atoms with Crippen LogP contribution in [0, 0.1) is 13.8 Å². The van der Waals surface area contributed by atoms with Gasteiger partial charge in [0.25, 0.3) is 0 Å². The number of hydrogen-bond donors (Lipinski definition) is 0. The number of unbranched alkanes of at least 4 members (excludes halogenated alkanes) is 2. The van der Waals surface area contributed by atoms with Gasteiger partial charge in [-0.25, -0.2) is 0 Å². The molecule has 4 nitrogen and oxygen atoms in total. The second-order valence-corrected chi connectivity index (χ2v) is 7.32. The second kappa shape index (κ2) is 34.8. The van der Waals surface area contributed by atoms with Crippen LogP contribution in [0.1, 0.15) is 25.7 Å². The van der Waals surface area contributed by atoms with E-state index in [1.54, 1.807) is 0 Å². The van der Waals surface area contributed by atoms with Crippen molar-refractivity contribution in [2.45, 2.75) is 25.7 Å². The predicted molar refractivity (Wildman–Crippen MR) is 92.3 cm³/mol. The van der Waals surface area contributed by atoms with E-state index in [-0.39, 0.29) is 65.4 Å². The van der Waals surface area contributed by atoms with Crippen molar-refractivity contribution in [2.75, 3.05) is 11.5 Å². The van der Waals surface area contributed by atoms with Gasteiger partial charge in [-0.2, -0.15) is 12.8 Å². The minimum Gasteiger partial charge on any atom is -0.769 e. The molecule has 0 aromatic carbocycles. The van der Waals surface area contributed by atoms with E-state index in [4.69, 9.17) is 0 Å². The summed E-state index contributed by atoms with van der Waals surface area (Å²) in [5, 5.41) is 1.67. The zero-order chi connectivity index (χ0) is 16.2. The third-order valence-electron chi connectivity index (χ3n) is 1.31. The molecule has 0 spiro atoms. The van der Waals surface area contributed by atoms with Gasteiger partial charge in [-0.1, -0.05) is 47.6 Å². The van der Waals surface area contributed by atoms with E-state index in [1.807, 2.05) is 21.6 Å². The van der Waals surface area contributed by atoms with E-state index in [0.717, 1.165) is 23.7 Å². The Kier molecular flexibility index (Phi) is 56.5. The molecule has 0 aliphatic heterocycles. The molecule has 2 unspecified atom stereocenters. The topological polar surface area (TPSA) is 80.3 Å². The molecule has 0 saturated heterocycles. The normalized spacial score (nSPS) is 10.9. The maximum atomic E-state index is 9.25. The van der Waals surface area contributed by atoms with Gasteiger partial charge in [-0.05, 0) is 33.0 Å². The van der Waals surface area contributed by atoms with Crippen molar-refractivity contribution < 1.29 is 82.9 Å². The quantitative estimate of drug-likeness (QED) is 0.194. The molecule has 0 rings (SSSR count). The van der Waals surface area contributed by atoms with Gasteiger partial charge in [0.1, 0.15) is 0 Å². The minimum atomic E-state index is -2.06. The molecule has 0 N–H and O–H groups in total. The fourth-order valence-corrected chi connectivity index (χ4v) is 2.73. The van der Waals surface area contributed by atoms with E-state index in [0.29, 0.717) is 0 Å². The van der Waals surface area contributed by atoms with Crippen molar-refractivity contribution in [2.24, 2.45) is 0 Å². The van der Waals surface area contributed by atoms with Crippen LogP contribution in [-0.2, 0) is 87.6 Å². The van der Waals surface area contributed by atoms with E-state index in [2.05, 4.69) is 27.0 Å². The third-order valence-corrected chi connectivity index (χ3v) is 4.43. The number of rotatable bonds is 9. The van der Waals surface area contributed by atoms with Crippen LogP contribution >= 0.6 is 21.6 Å². The van der Waals surface area contributed by atoms with Crippen LogP contribution in [0.15, 0.2) is 24.0 Å². The third kappa shape index (κ3) is 57.0. The van der Waals surface area contributed by atoms with Gasteiger partial charge in [0, 0.05) is 76.9 Å². The summed E-state index contributed by atoms with van der Waals surface area (Å²) < 4.78 is 37.0. The van der Waals surface area contributed by atoms with E-state index in [9.17, 15) is 17.5 Å². The van der Waals surface area contributed by atoms with Gasteiger partial charge >= 0.3 is 0 Å². The Morgan fingerprint density at radius 3 is 1.23 bits per heavy atom. The summed E-state index contributed by atoms with van der Waals surface area (Å²) in [6, 6.07) is 0. The molecular weight excluding hydrogens is 514 g/mol. The fourth-order valence-electron chi connectivity index (χ4n) is 0.440. The first kappa shape index (κ1) is 35.7. The van der Waals surface area contributed by atoms with Gasteiger partial charge in [0.2, 0.25) is 0 Å². The summed E-state index contributed by atoms with van der Waals surface area (Å²) >= 11 is -4.12. The van der Waals surface area contributed by atoms with E-state index < -0.39 is 22.2 Å². The van der Waals surface area contributed by atoms with Crippen molar-refractivity contribution >= 4 is 43.7 Å². The first-order chi connectivity index (χ1) is 9.45. The molecule has 0 aromatic heterocycles. The molecule has 0 fully saturated rings. The molecule has 0 aromatic rings. The molecule has 0 saturated carbocycles. The van der Waals surface area contributed by atoms with Crippen molar-refractivity contribution in [3.05, 3.63) is 37.8 Å². The molecule has 128 valence electrons. The first-order valence-electron chi connectivity index (χ1n) is 5.70. The van der Waals surface area contributed by atoms with Gasteiger partial charge in [0.15, 0.2) is 0 Å². The van der Waals surface area contributed by atoms with Gasteiger partial charge in [-0.3, -0.25) is 8.42 Å². The van der Waals surface area contributed by atoms with E-state index in [1.165, 1.54) is 24.3 Å². The average Bonchev–Trinajstić information content (AvgIpc) is 2.44. The van der Waals surface area contributed by atoms with Crippen molar-refractivity contribution in [1.29, 1.82) is 0 Å². The van der Waals surface area contributed by atoms with Gasteiger partial charge in [0.05, 0.1) is 0 Å². The molecule has 0 heterocycles.